The zero-order valence-corrected chi connectivity index (χ0v) is 15.3. The number of benzene rings is 2. The van der Waals surface area contributed by atoms with Gasteiger partial charge in [-0.15, -0.1) is 0 Å². The van der Waals surface area contributed by atoms with E-state index in [1.165, 1.54) is 30.4 Å². The first kappa shape index (κ1) is 18.1. The van der Waals surface area contributed by atoms with Gasteiger partial charge in [0.1, 0.15) is 5.75 Å². The Kier molecular flexibility index (Phi) is 6.37. The van der Waals surface area contributed by atoms with Crippen molar-refractivity contribution < 1.29 is 9.53 Å². The third-order valence-corrected chi connectivity index (χ3v) is 4.81. The Bertz CT molecular complexity index is 873. The van der Waals surface area contributed by atoms with Gasteiger partial charge in [-0.3, -0.25) is 9.78 Å². The van der Waals surface area contributed by atoms with Crippen molar-refractivity contribution in [2.75, 3.05) is 7.11 Å². The van der Waals surface area contributed by atoms with Gasteiger partial charge in [-0.25, -0.2) is 0 Å². The van der Waals surface area contributed by atoms with E-state index in [2.05, 4.69) is 35.3 Å². The van der Waals surface area contributed by atoms with E-state index < -0.39 is 0 Å². The van der Waals surface area contributed by atoms with Crippen molar-refractivity contribution in [1.29, 1.82) is 0 Å². The minimum Gasteiger partial charge on any atom is -0.497 e. The van der Waals surface area contributed by atoms with Crippen LogP contribution in [0, 0.1) is 0 Å². The van der Waals surface area contributed by atoms with Crippen LogP contribution in [0.2, 0.25) is 0 Å². The number of aromatic nitrogens is 1. The Morgan fingerprint density at radius 2 is 1.81 bits per heavy atom. The second-order valence-electron chi connectivity index (χ2n) is 6.60. The molecule has 0 amide bonds. The molecule has 0 saturated carbocycles. The SMILES string of the molecule is COc1cccc(CCCCCCc2ccc(C=O)c3ncccc23)c1. The molecule has 3 nitrogen and oxygen atoms in total. The molecule has 0 fully saturated rings. The highest BCUT2D eigenvalue weighted by atomic mass is 16.5. The zero-order valence-electron chi connectivity index (χ0n) is 15.3. The van der Waals surface area contributed by atoms with E-state index in [0.29, 0.717) is 5.56 Å². The molecular weight excluding hydrogens is 322 g/mol. The molecular formula is C23H25NO2. The van der Waals surface area contributed by atoms with Crippen LogP contribution < -0.4 is 4.74 Å². The van der Waals surface area contributed by atoms with Crippen LogP contribution in [0.1, 0.15) is 47.2 Å². The van der Waals surface area contributed by atoms with Gasteiger partial charge in [0, 0.05) is 17.1 Å². The first-order chi connectivity index (χ1) is 12.8. The van der Waals surface area contributed by atoms with Gasteiger partial charge >= 0.3 is 0 Å². The molecule has 0 saturated heterocycles. The van der Waals surface area contributed by atoms with Crippen molar-refractivity contribution in [1.82, 2.24) is 4.98 Å². The summed E-state index contributed by atoms with van der Waals surface area (Å²) in [6, 6.07) is 16.3. The number of methoxy groups -OCH3 is 1. The minimum absolute atomic E-state index is 0.669. The molecule has 3 aromatic rings. The summed E-state index contributed by atoms with van der Waals surface area (Å²) in [5.41, 5.74) is 4.11. The number of hydrogen-bond acceptors (Lipinski definition) is 3. The first-order valence-electron chi connectivity index (χ1n) is 9.26. The van der Waals surface area contributed by atoms with E-state index in [0.717, 1.165) is 42.2 Å². The highest BCUT2D eigenvalue weighted by Gasteiger charge is 2.06. The molecule has 26 heavy (non-hydrogen) atoms. The molecule has 0 bridgehead atoms. The maximum Gasteiger partial charge on any atom is 0.152 e. The Morgan fingerprint density at radius 3 is 2.62 bits per heavy atom. The van der Waals surface area contributed by atoms with Crippen LogP contribution in [0.15, 0.2) is 54.7 Å². The lowest BCUT2D eigenvalue weighted by atomic mass is 9.98. The van der Waals surface area contributed by atoms with Crippen molar-refractivity contribution in [3.8, 4) is 5.75 Å². The number of aryl methyl sites for hydroxylation is 2. The number of ether oxygens (including phenoxy) is 1. The second-order valence-corrected chi connectivity index (χ2v) is 6.60. The number of hydrogen-bond donors (Lipinski definition) is 0. The second kappa shape index (κ2) is 9.14. The molecule has 0 atom stereocenters. The fourth-order valence-corrected chi connectivity index (χ4v) is 3.39. The van der Waals surface area contributed by atoms with E-state index in [1.807, 2.05) is 18.2 Å². The highest BCUT2D eigenvalue weighted by Crippen LogP contribution is 2.22. The number of fused-ring (bicyclic) bond motifs is 1. The summed E-state index contributed by atoms with van der Waals surface area (Å²) in [5, 5.41) is 1.11. The van der Waals surface area contributed by atoms with Crippen LogP contribution in [0.4, 0.5) is 0 Å². The van der Waals surface area contributed by atoms with E-state index in [-0.39, 0.29) is 0 Å². The van der Waals surface area contributed by atoms with Gasteiger partial charge in [-0.05, 0) is 61.1 Å². The number of unbranched alkanes of at least 4 members (excludes halogenated alkanes) is 3. The van der Waals surface area contributed by atoms with E-state index >= 15 is 0 Å². The Labute approximate surface area is 155 Å². The molecule has 0 aliphatic carbocycles. The van der Waals surface area contributed by atoms with Crippen molar-refractivity contribution in [3.63, 3.8) is 0 Å². The molecule has 0 unspecified atom stereocenters. The number of nitrogens with zero attached hydrogens (tertiary/aromatic N) is 1. The van der Waals surface area contributed by atoms with Crippen molar-refractivity contribution >= 4 is 17.2 Å². The third-order valence-electron chi connectivity index (χ3n) is 4.81. The van der Waals surface area contributed by atoms with Gasteiger partial charge in [-0.1, -0.05) is 37.1 Å². The van der Waals surface area contributed by atoms with Crippen LogP contribution >= 0.6 is 0 Å². The predicted molar refractivity (Wildman–Crippen MR) is 106 cm³/mol. The summed E-state index contributed by atoms with van der Waals surface area (Å²) < 4.78 is 5.27. The maximum absolute atomic E-state index is 11.2. The fourth-order valence-electron chi connectivity index (χ4n) is 3.39. The lowest BCUT2D eigenvalue weighted by Crippen LogP contribution is -1.94. The van der Waals surface area contributed by atoms with Gasteiger partial charge in [0.2, 0.25) is 0 Å². The molecule has 0 aliphatic heterocycles. The van der Waals surface area contributed by atoms with Crippen molar-refractivity contribution in [3.05, 3.63) is 71.4 Å². The van der Waals surface area contributed by atoms with Gasteiger partial charge in [-0.2, -0.15) is 0 Å². The molecule has 0 aliphatic rings. The van der Waals surface area contributed by atoms with E-state index in [9.17, 15) is 4.79 Å². The third kappa shape index (κ3) is 4.48. The van der Waals surface area contributed by atoms with Crippen LogP contribution in [-0.2, 0) is 12.8 Å². The topological polar surface area (TPSA) is 39.2 Å². The quantitative estimate of drug-likeness (QED) is 0.384. The first-order valence-corrected chi connectivity index (χ1v) is 9.26. The highest BCUT2D eigenvalue weighted by molar-refractivity contribution is 5.96. The zero-order chi connectivity index (χ0) is 18.2. The molecule has 3 heteroatoms. The maximum atomic E-state index is 11.2. The molecule has 2 aromatic carbocycles. The standard InChI is InChI=1S/C23H25NO2/c1-26-21-11-6-9-18(16-21)8-4-2-3-5-10-19-13-14-20(17-25)23-22(19)12-7-15-24-23/h6-7,9,11-17H,2-5,8,10H2,1H3. The molecule has 3 rings (SSSR count). The molecule has 0 radical (unpaired) electrons. The van der Waals surface area contributed by atoms with Gasteiger partial charge in [0.05, 0.1) is 12.6 Å². The summed E-state index contributed by atoms with van der Waals surface area (Å²) >= 11 is 0. The van der Waals surface area contributed by atoms with Gasteiger partial charge in [0.15, 0.2) is 6.29 Å². The van der Waals surface area contributed by atoms with E-state index in [1.54, 1.807) is 13.3 Å². The van der Waals surface area contributed by atoms with Crippen molar-refractivity contribution in [2.45, 2.75) is 38.5 Å². The summed E-state index contributed by atoms with van der Waals surface area (Å²) in [7, 11) is 1.71. The van der Waals surface area contributed by atoms with Gasteiger partial charge < -0.3 is 4.74 Å². The Balaban J connectivity index is 1.48. The Hall–Kier alpha value is -2.68. The summed E-state index contributed by atoms with van der Waals surface area (Å²) in [6.07, 6.45) is 9.54. The van der Waals surface area contributed by atoms with Crippen LogP contribution in [0.5, 0.6) is 5.75 Å². The summed E-state index contributed by atoms with van der Waals surface area (Å²) in [5.74, 6) is 0.932. The average Bonchev–Trinajstić information content (AvgIpc) is 2.70. The van der Waals surface area contributed by atoms with Crippen LogP contribution in [0.3, 0.4) is 0 Å². The molecule has 134 valence electrons. The number of rotatable bonds is 9. The summed E-state index contributed by atoms with van der Waals surface area (Å²) in [6.45, 7) is 0. The lowest BCUT2D eigenvalue weighted by Gasteiger charge is -2.08. The normalized spacial score (nSPS) is 10.8. The Morgan fingerprint density at radius 1 is 0.962 bits per heavy atom. The average molecular weight is 347 g/mol. The number of carbonyl (C=O) groups is 1. The van der Waals surface area contributed by atoms with Crippen LogP contribution in [0.25, 0.3) is 10.9 Å². The molecule has 0 N–H and O–H groups in total. The van der Waals surface area contributed by atoms with Crippen molar-refractivity contribution in [2.24, 2.45) is 0 Å². The lowest BCUT2D eigenvalue weighted by molar-refractivity contribution is 0.112. The van der Waals surface area contributed by atoms with Gasteiger partial charge in [0.25, 0.3) is 0 Å². The minimum atomic E-state index is 0.669. The smallest absolute Gasteiger partial charge is 0.152 e. The largest absolute Gasteiger partial charge is 0.497 e. The molecule has 1 aromatic heterocycles. The molecule has 0 spiro atoms. The van der Waals surface area contributed by atoms with Crippen LogP contribution in [-0.4, -0.2) is 18.4 Å². The number of pyridine rings is 1. The summed E-state index contributed by atoms with van der Waals surface area (Å²) in [4.78, 5) is 15.5. The van der Waals surface area contributed by atoms with E-state index in [4.69, 9.17) is 4.74 Å². The number of aldehydes is 1. The predicted octanol–water partition coefficient (Wildman–Crippen LogP) is 5.40. The molecule has 1 heterocycles. The number of carbonyl (C=O) groups excluding carboxylic acids is 1. The monoisotopic (exact) mass is 347 g/mol. The fraction of sp³-hybridized carbons (Fsp3) is 0.304.